The van der Waals surface area contributed by atoms with Crippen LogP contribution in [0.4, 0.5) is 5.69 Å². The summed E-state index contributed by atoms with van der Waals surface area (Å²) in [6.07, 6.45) is 1.05. The summed E-state index contributed by atoms with van der Waals surface area (Å²) in [5.74, 6) is -0.632. The molecule has 0 aliphatic rings. The average molecular weight is 389 g/mol. The molecule has 0 aliphatic heterocycles. The molecule has 0 fully saturated rings. The highest BCUT2D eigenvalue weighted by atomic mass is 32.2. The molecule has 0 saturated carbocycles. The first-order chi connectivity index (χ1) is 12.6. The zero-order chi connectivity index (χ0) is 20.2. The Kier molecular flexibility index (Phi) is 6.35. The molecular formula is C19H23N3O4S. The van der Waals surface area contributed by atoms with Gasteiger partial charge in [0.15, 0.2) is 0 Å². The lowest BCUT2D eigenvalue weighted by molar-refractivity contribution is -0.119. The van der Waals surface area contributed by atoms with Crippen LogP contribution in [0.1, 0.15) is 22.0 Å². The Balaban J connectivity index is 2.27. The van der Waals surface area contributed by atoms with Gasteiger partial charge in [-0.15, -0.1) is 0 Å². The predicted octanol–water partition coefficient (Wildman–Crippen LogP) is 1.96. The smallest absolute Gasteiger partial charge is 0.253 e. The number of sulfonamides is 1. The minimum atomic E-state index is -3.59. The quantitative estimate of drug-likeness (QED) is 0.818. The molecule has 8 heteroatoms. The molecule has 144 valence electrons. The van der Waals surface area contributed by atoms with E-state index in [4.69, 9.17) is 0 Å². The maximum atomic E-state index is 12.8. The first-order valence-corrected chi connectivity index (χ1v) is 10.1. The fourth-order valence-corrected chi connectivity index (χ4v) is 3.12. The number of hydrogen-bond acceptors (Lipinski definition) is 4. The minimum Gasteiger partial charge on any atom is -0.345 e. The monoisotopic (exact) mass is 389 g/mol. The van der Waals surface area contributed by atoms with E-state index in [9.17, 15) is 18.0 Å². The lowest BCUT2D eigenvalue weighted by atomic mass is 10.1. The standard InChI is InChI=1S/C19H23N3O4S/c1-21(2)19(24)15-10-12-16(13-11-15)20-18(23)17(22(3)27(4,25)26)14-8-6-5-7-9-14/h5-13,17H,1-4H3,(H,20,23). The van der Waals surface area contributed by atoms with Gasteiger partial charge in [0.05, 0.1) is 6.26 Å². The van der Waals surface area contributed by atoms with Crippen molar-refractivity contribution in [2.24, 2.45) is 0 Å². The third-order valence-electron chi connectivity index (χ3n) is 4.06. The van der Waals surface area contributed by atoms with Crippen LogP contribution in [0.2, 0.25) is 0 Å². The lowest BCUT2D eigenvalue weighted by Crippen LogP contribution is -2.38. The topological polar surface area (TPSA) is 86.8 Å². The largest absolute Gasteiger partial charge is 0.345 e. The van der Waals surface area contributed by atoms with Gasteiger partial charge in [0, 0.05) is 32.4 Å². The summed E-state index contributed by atoms with van der Waals surface area (Å²) in [6, 6.07) is 14.1. The van der Waals surface area contributed by atoms with Crippen molar-refractivity contribution >= 4 is 27.5 Å². The van der Waals surface area contributed by atoms with Gasteiger partial charge in [-0.2, -0.15) is 4.31 Å². The van der Waals surface area contributed by atoms with Crippen molar-refractivity contribution in [2.75, 3.05) is 32.7 Å². The molecule has 0 heterocycles. The molecule has 2 aromatic carbocycles. The zero-order valence-electron chi connectivity index (χ0n) is 15.7. The number of likely N-dealkylation sites (N-methyl/N-ethyl adjacent to an activating group) is 1. The van der Waals surface area contributed by atoms with Crippen LogP contribution in [0.5, 0.6) is 0 Å². The van der Waals surface area contributed by atoms with Crippen molar-refractivity contribution in [1.82, 2.24) is 9.21 Å². The number of benzene rings is 2. The normalized spacial score (nSPS) is 12.5. The summed E-state index contributed by atoms with van der Waals surface area (Å²) in [5, 5.41) is 2.72. The molecule has 0 radical (unpaired) electrons. The first kappa shape index (κ1) is 20.6. The van der Waals surface area contributed by atoms with Gasteiger partial charge in [0.25, 0.3) is 5.91 Å². The molecule has 0 saturated heterocycles. The Morgan fingerprint density at radius 2 is 1.48 bits per heavy atom. The van der Waals surface area contributed by atoms with E-state index in [-0.39, 0.29) is 5.91 Å². The first-order valence-electron chi connectivity index (χ1n) is 8.22. The molecule has 7 nitrogen and oxygen atoms in total. The van der Waals surface area contributed by atoms with Crippen LogP contribution >= 0.6 is 0 Å². The van der Waals surface area contributed by atoms with E-state index in [0.717, 1.165) is 10.6 Å². The molecule has 0 aromatic heterocycles. The Morgan fingerprint density at radius 3 is 1.96 bits per heavy atom. The van der Waals surface area contributed by atoms with E-state index < -0.39 is 22.0 Å². The number of amides is 2. The molecule has 1 atom stereocenters. The van der Waals surface area contributed by atoms with E-state index in [1.54, 1.807) is 68.7 Å². The third kappa shape index (κ3) is 5.15. The summed E-state index contributed by atoms with van der Waals surface area (Å²) >= 11 is 0. The Labute approximate surface area is 159 Å². The second-order valence-electron chi connectivity index (χ2n) is 6.36. The second-order valence-corrected chi connectivity index (χ2v) is 8.40. The van der Waals surface area contributed by atoms with Crippen LogP contribution in [0.15, 0.2) is 54.6 Å². The van der Waals surface area contributed by atoms with Crippen molar-refractivity contribution in [3.63, 3.8) is 0 Å². The Bertz CT molecular complexity index is 910. The molecule has 0 spiro atoms. The maximum absolute atomic E-state index is 12.8. The van der Waals surface area contributed by atoms with Gasteiger partial charge >= 0.3 is 0 Å². The van der Waals surface area contributed by atoms with Gasteiger partial charge in [-0.25, -0.2) is 8.42 Å². The molecule has 1 N–H and O–H groups in total. The summed E-state index contributed by atoms with van der Waals surface area (Å²) in [7, 11) is 1.09. The minimum absolute atomic E-state index is 0.146. The van der Waals surface area contributed by atoms with Gasteiger partial charge in [0.2, 0.25) is 15.9 Å². The molecule has 27 heavy (non-hydrogen) atoms. The lowest BCUT2D eigenvalue weighted by Gasteiger charge is -2.25. The van der Waals surface area contributed by atoms with Crippen LogP contribution < -0.4 is 5.32 Å². The maximum Gasteiger partial charge on any atom is 0.253 e. The fraction of sp³-hybridized carbons (Fsp3) is 0.263. The number of carbonyl (C=O) groups excluding carboxylic acids is 2. The molecule has 0 bridgehead atoms. The summed E-state index contributed by atoms with van der Waals surface area (Å²) < 4.78 is 25.0. The zero-order valence-corrected chi connectivity index (χ0v) is 16.5. The van der Waals surface area contributed by atoms with E-state index >= 15 is 0 Å². The number of nitrogens with one attached hydrogen (secondary N) is 1. The highest BCUT2D eigenvalue weighted by Gasteiger charge is 2.30. The van der Waals surface area contributed by atoms with Crippen LogP contribution in [-0.2, 0) is 14.8 Å². The van der Waals surface area contributed by atoms with E-state index in [1.165, 1.54) is 11.9 Å². The number of anilines is 1. The molecule has 2 rings (SSSR count). The van der Waals surface area contributed by atoms with E-state index in [1.807, 2.05) is 0 Å². The molecular weight excluding hydrogens is 366 g/mol. The fourth-order valence-electron chi connectivity index (χ4n) is 2.52. The van der Waals surface area contributed by atoms with Gasteiger partial charge in [0.1, 0.15) is 6.04 Å². The summed E-state index contributed by atoms with van der Waals surface area (Å²) in [4.78, 5) is 26.2. The van der Waals surface area contributed by atoms with Crippen LogP contribution in [0, 0.1) is 0 Å². The van der Waals surface area contributed by atoms with E-state index in [0.29, 0.717) is 16.8 Å². The van der Waals surface area contributed by atoms with Gasteiger partial charge in [-0.1, -0.05) is 30.3 Å². The molecule has 1 unspecified atom stereocenters. The Morgan fingerprint density at radius 1 is 0.926 bits per heavy atom. The second kappa shape index (κ2) is 8.32. The van der Waals surface area contributed by atoms with Crippen LogP contribution in [0.25, 0.3) is 0 Å². The Hall–Kier alpha value is -2.71. The van der Waals surface area contributed by atoms with Crippen molar-refractivity contribution < 1.29 is 18.0 Å². The molecule has 2 amide bonds. The number of nitrogens with zero attached hydrogens (tertiary/aromatic N) is 2. The SMILES string of the molecule is CN(C)C(=O)c1ccc(NC(=O)C(c2ccccc2)N(C)S(C)(=O)=O)cc1. The summed E-state index contributed by atoms with van der Waals surface area (Å²) in [5.41, 5.74) is 1.52. The van der Waals surface area contributed by atoms with Gasteiger partial charge < -0.3 is 10.2 Å². The van der Waals surface area contributed by atoms with Crippen molar-refractivity contribution in [2.45, 2.75) is 6.04 Å². The van der Waals surface area contributed by atoms with Crippen LogP contribution in [0.3, 0.4) is 0 Å². The van der Waals surface area contributed by atoms with Crippen LogP contribution in [-0.4, -0.2) is 56.8 Å². The number of carbonyl (C=O) groups is 2. The van der Waals surface area contributed by atoms with Crippen molar-refractivity contribution in [3.05, 3.63) is 65.7 Å². The number of rotatable bonds is 6. The van der Waals surface area contributed by atoms with Crippen molar-refractivity contribution in [1.29, 1.82) is 0 Å². The third-order valence-corrected chi connectivity index (χ3v) is 5.31. The predicted molar refractivity (Wildman–Crippen MR) is 105 cm³/mol. The van der Waals surface area contributed by atoms with Crippen molar-refractivity contribution in [3.8, 4) is 0 Å². The van der Waals surface area contributed by atoms with Gasteiger partial charge in [-0.3, -0.25) is 9.59 Å². The summed E-state index contributed by atoms with van der Waals surface area (Å²) in [6.45, 7) is 0. The molecule has 2 aromatic rings. The highest BCUT2D eigenvalue weighted by molar-refractivity contribution is 7.88. The molecule has 0 aliphatic carbocycles. The van der Waals surface area contributed by atoms with Gasteiger partial charge in [-0.05, 0) is 29.8 Å². The average Bonchev–Trinajstić information content (AvgIpc) is 2.62. The highest BCUT2D eigenvalue weighted by Crippen LogP contribution is 2.24. The number of hydrogen-bond donors (Lipinski definition) is 1. The van der Waals surface area contributed by atoms with E-state index in [2.05, 4.69) is 5.32 Å².